The summed E-state index contributed by atoms with van der Waals surface area (Å²) in [5, 5.41) is 3.23. The number of anilines is 1. The zero-order valence-corrected chi connectivity index (χ0v) is 18.4. The van der Waals surface area contributed by atoms with Crippen LogP contribution in [0.25, 0.3) is 10.2 Å². The molecule has 0 radical (unpaired) electrons. The molecule has 1 N–H and O–H groups in total. The number of hydrogen-bond acceptors (Lipinski definition) is 6. The zero-order chi connectivity index (χ0) is 22.1. The van der Waals surface area contributed by atoms with E-state index in [1.807, 2.05) is 39.0 Å². The van der Waals surface area contributed by atoms with Gasteiger partial charge in [0.05, 0.1) is 28.0 Å². The van der Waals surface area contributed by atoms with Crippen molar-refractivity contribution in [2.45, 2.75) is 33.2 Å². The molecule has 2 aromatic carbocycles. The van der Waals surface area contributed by atoms with E-state index in [1.165, 1.54) is 11.3 Å². The van der Waals surface area contributed by atoms with Crippen LogP contribution in [0.1, 0.15) is 47.9 Å². The topological polar surface area (TPSA) is 88.6 Å². The van der Waals surface area contributed by atoms with Crippen LogP contribution in [0, 0.1) is 5.92 Å². The molecular weight excluding hydrogens is 414 g/mol. The van der Waals surface area contributed by atoms with Gasteiger partial charge in [0.1, 0.15) is 11.8 Å². The van der Waals surface area contributed by atoms with E-state index in [0.717, 1.165) is 20.9 Å². The highest BCUT2D eigenvalue weighted by molar-refractivity contribution is 7.22. The van der Waals surface area contributed by atoms with Crippen LogP contribution in [-0.4, -0.2) is 40.3 Å². The lowest BCUT2D eigenvalue weighted by Gasteiger charge is -2.26. The first-order valence-corrected chi connectivity index (χ1v) is 11.0. The highest BCUT2D eigenvalue weighted by Crippen LogP contribution is 2.31. The second-order valence-corrected chi connectivity index (χ2v) is 8.77. The summed E-state index contributed by atoms with van der Waals surface area (Å²) in [6.07, 6.45) is 0.358. The van der Waals surface area contributed by atoms with Gasteiger partial charge in [0.25, 0.3) is 11.8 Å². The molecule has 1 aliphatic heterocycles. The number of rotatable bonds is 7. The Morgan fingerprint density at radius 3 is 2.42 bits per heavy atom. The molecule has 0 spiro atoms. The molecule has 2 heterocycles. The molecular formula is C23H23N3O4S. The molecule has 160 valence electrons. The maximum Gasteiger partial charge on any atom is 0.262 e. The molecule has 1 aliphatic rings. The van der Waals surface area contributed by atoms with Crippen LogP contribution in [0.15, 0.2) is 42.5 Å². The van der Waals surface area contributed by atoms with E-state index in [1.54, 1.807) is 24.3 Å². The fourth-order valence-corrected chi connectivity index (χ4v) is 4.57. The van der Waals surface area contributed by atoms with Crippen molar-refractivity contribution in [2.75, 3.05) is 11.9 Å². The van der Waals surface area contributed by atoms with E-state index in [2.05, 4.69) is 10.3 Å². The standard InChI is InChI=1S/C23H23N3O4S/c1-4-30-14-9-10-17-19(12-14)31-23(24-17)25-20(27)18(11-13(2)3)26-21(28)15-7-5-6-8-16(15)22(26)29/h5-10,12-13,18H,4,11H2,1-3H3,(H,24,25,27). The number of carbonyl (C=O) groups is 3. The lowest BCUT2D eigenvalue weighted by Crippen LogP contribution is -2.47. The van der Waals surface area contributed by atoms with Crippen LogP contribution >= 0.6 is 11.3 Å². The number of nitrogens with one attached hydrogen (secondary N) is 1. The summed E-state index contributed by atoms with van der Waals surface area (Å²) in [7, 11) is 0. The van der Waals surface area contributed by atoms with Gasteiger partial charge in [0.15, 0.2) is 5.13 Å². The molecule has 1 aromatic heterocycles. The molecule has 7 nitrogen and oxygen atoms in total. The van der Waals surface area contributed by atoms with Crippen molar-refractivity contribution in [2.24, 2.45) is 5.92 Å². The molecule has 1 atom stereocenters. The molecule has 31 heavy (non-hydrogen) atoms. The number of imide groups is 1. The second kappa shape index (κ2) is 8.47. The van der Waals surface area contributed by atoms with Gasteiger partial charge in [-0.15, -0.1) is 0 Å². The summed E-state index contributed by atoms with van der Waals surface area (Å²) in [4.78, 5) is 44.6. The first-order chi connectivity index (χ1) is 14.9. The molecule has 0 bridgehead atoms. The van der Waals surface area contributed by atoms with Crippen molar-refractivity contribution in [3.63, 3.8) is 0 Å². The van der Waals surface area contributed by atoms with Gasteiger partial charge in [-0.1, -0.05) is 37.3 Å². The SMILES string of the molecule is CCOc1ccc2nc(NC(=O)C(CC(C)C)N3C(=O)c4ccccc4C3=O)sc2c1. The van der Waals surface area contributed by atoms with Crippen molar-refractivity contribution >= 4 is 44.4 Å². The number of fused-ring (bicyclic) bond motifs is 2. The summed E-state index contributed by atoms with van der Waals surface area (Å²) in [6.45, 7) is 6.37. The fraction of sp³-hybridized carbons (Fsp3) is 0.304. The van der Waals surface area contributed by atoms with Gasteiger partial charge in [-0.3, -0.25) is 19.3 Å². The highest BCUT2D eigenvalue weighted by Gasteiger charge is 2.42. The van der Waals surface area contributed by atoms with Gasteiger partial charge in [-0.2, -0.15) is 0 Å². The maximum absolute atomic E-state index is 13.2. The Labute approximate surface area is 184 Å². The van der Waals surface area contributed by atoms with E-state index in [4.69, 9.17) is 4.74 Å². The Morgan fingerprint density at radius 2 is 1.81 bits per heavy atom. The van der Waals surface area contributed by atoms with Gasteiger partial charge in [-0.25, -0.2) is 4.98 Å². The van der Waals surface area contributed by atoms with Crippen molar-refractivity contribution in [1.29, 1.82) is 0 Å². The van der Waals surface area contributed by atoms with Crippen LogP contribution < -0.4 is 10.1 Å². The van der Waals surface area contributed by atoms with Crippen LogP contribution in [0.5, 0.6) is 5.75 Å². The first-order valence-electron chi connectivity index (χ1n) is 10.2. The third-order valence-corrected chi connectivity index (χ3v) is 5.97. The van der Waals surface area contributed by atoms with Gasteiger partial charge >= 0.3 is 0 Å². The summed E-state index contributed by atoms with van der Waals surface area (Å²) in [5.41, 5.74) is 1.40. The molecule has 3 aromatic rings. The normalized spacial score (nSPS) is 14.3. The average Bonchev–Trinajstić information content (AvgIpc) is 3.24. The largest absolute Gasteiger partial charge is 0.494 e. The summed E-state index contributed by atoms with van der Waals surface area (Å²) >= 11 is 1.32. The van der Waals surface area contributed by atoms with Gasteiger partial charge in [0.2, 0.25) is 5.91 Å². The number of nitrogens with zero attached hydrogens (tertiary/aromatic N) is 2. The van der Waals surface area contributed by atoms with Crippen LogP contribution in [0.3, 0.4) is 0 Å². The van der Waals surface area contributed by atoms with Crippen molar-refractivity contribution in [3.8, 4) is 5.75 Å². The number of amides is 3. The number of carbonyl (C=O) groups excluding carboxylic acids is 3. The number of benzene rings is 2. The molecule has 0 saturated carbocycles. The summed E-state index contributed by atoms with van der Waals surface area (Å²) in [6, 6.07) is 11.3. The quantitative estimate of drug-likeness (QED) is 0.556. The monoisotopic (exact) mass is 437 g/mol. The Balaban J connectivity index is 1.60. The number of hydrogen-bond donors (Lipinski definition) is 1. The maximum atomic E-state index is 13.2. The lowest BCUT2D eigenvalue weighted by atomic mass is 10.0. The molecule has 1 unspecified atom stereocenters. The summed E-state index contributed by atoms with van der Waals surface area (Å²) in [5.74, 6) is -0.462. The van der Waals surface area contributed by atoms with E-state index in [0.29, 0.717) is 29.3 Å². The third-order valence-electron chi connectivity index (χ3n) is 5.04. The first kappa shape index (κ1) is 21.0. The Kier molecular flexibility index (Phi) is 5.73. The van der Waals surface area contributed by atoms with E-state index < -0.39 is 23.8 Å². The number of thiazole rings is 1. The lowest BCUT2D eigenvalue weighted by molar-refractivity contribution is -0.120. The Hall–Kier alpha value is -3.26. The van der Waals surface area contributed by atoms with Crippen LogP contribution in [0.2, 0.25) is 0 Å². The highest BCUT2D eigenvalue weighted by atomic mass is 32.1. The van der Waals surface area contributed by atoms with Crippen molar-refractivity contribution in [1.82, 2.24) is 9.88 Å². The molecule has 8 heteroatoms. The third kappa shape index (κ3) is 4.03. The van der Waals surface area contributed by atoms with Crippen molar-refractivity contribution in [3.05, 3.63) is 53.6 Å². The molecule has 0 saturated heterocycles. The summed E-state index contributed by atoms with van der Waals surface area (Å²) < 4.78 is 6.40. The Morgan fingerprint density at radius 1 is 1.13 bits per heavy atom. The minimum absolute atomic E-state index is 0.101. The number of aromatic nitrogens is 1. The smallest absolute Gasteiger partial charge is 0.262 e. The fourth-order valence-electron chi connectivity index (χ4n) is 3.67. The van der Waals surface area contributed by atoms with E-state index in [9.17, 15) is 14.4 Å². The molecule has 3 amide bonds. The second-order valence-electron chi connectivity index (χ2n) is 7.74. The van der Waals surface area contributed by atoms with Crippen LogP contribution in [0.4, 0.5) is 5.13 Å². The minimum Gasteiger partial charge on any atom is -0.494 e. The Bertz CT molecular complexity index is 1140. The van der Waals surface area contributed by atoms with E-state index >= 15 is 0 Å². The minimum atomic E-state index is -0.918. The van der Waals surface area contributed by atoms with Gasteiger partial charge in [-0.05, 0) is 49.6 Å². The average molecular weight is 438 g/mol. The predicted molar refractivity (Wildman–Crippen MR) is 120 cm³/mol. The molecule has 4 rings (SSSR count). The van der Waals surface area contributed by atoms with Crippen LogP contribution in [-0.2, 0) is 4.79 Å². The van der Waals surface area contributed by atoms with Gasteiger partial charge < -0.3 is 10.1 Å². The zero-order valence-electron chi connectivity index (χ0n) is 17.5. The van der Waals surface area contributed by atoms with Gasteiger partial charge in [0, 0.05) is 0 Å². The molecule has 0 fully saturated rings. The number of ether oxygens (including phenoxy) is 1. The van der Waals surface area contributed by atoms with E-state index in [-0.39, 0.29) is 5.92 Å². The van der Waals surface area contributed by atoms with Crippen molar-refractivity contribution < 1.29 is 19.1 Å². The predicted octanol–water partition coefficient (Wildman–Crippen LogP) is 4.34. The molecule has 0 aliphatic carbocycles.